The van der Waals surface area contributed by atoms with Crippen LogP contribution in [-0.2, 0) is 14.9 Å². The molecule has 0 aliphatic carbocycles. The van der Waals surface area contributed by atoms with E-state index >= 15 is 0 Å². The SMILES string of the molecule is CN(C1CCOCC1)S(=O)(=O)NCCCSc1ccccc1. The van der Waals surface area contributed by atoms with Crippen LogP contribution in [0.2, 0.25) is 0 Å². The molecule has 0 amide bonds. The number of benzene rings is 1. The number of rotatable bonds is 8. The van der Waals surface area contributed by atoms with Gasteiger partial charge >= 0.3 is 0 Å². The van der Waals surface area contributed by atoms with Gasteiger partial charge in [0.25, 0.3) is 10.2 Å². The van der Waals surface area contributed by atoms with Crippen molar-refractivity contribution in [3.63, 3.8) is 0 Å². The topological polar surface area (TPSA) is 58.6 Å². The van der Waals surface area contributed by atoms with Crippen molar-refractivity contribution in [2.75, 3.05) is 32.6 Å². The molecule has 2 rings (SSSR count). The van der Waals surface area contributed by atoms with Crippen molar-refractivity contribution in [3.8, 4) is 0 Å². The summed E-state index contributed by atoms with van der Waals surface area (Å²) in [5.74, 6) is 0.896. The summed E-state index contributed by atoms with van der Waals surface area (Å²) in [6.07, 6.45) is 2.34. The van der Waals surface area contributed by atoms with Crippen molar-refractivity contribution in [3.05, 3.63) is 30.3 Å². The third-order valence-corrected chi connectivity index (χ3v) is 6.43. The largest absolute Gasteiger partial charge is 0.381 e. The molecule has 1 aliphatic heterocycles. The molecule has 1 aromatic carbocycles. The first-order chi connectivity index (χ1) is 10.6. The third kappa shape index (κ3) is 5.55. The maximum Gasteiger partial charge on any atom is 0.279 e. The number of nitrogens with zero attached hydrogens (tertiary/aromatic N) is 1. The number of thioether (sulfide) groups is 1. The fourth-order valence-electron chi connectivity index (χ4n) is 2.33. The van der Waals surface area contributed by atoms with E-state index < -0.39 is 10.2 Å². The molecule has 5 nitrogen and oxygen atoms in total. The van der Waals surface area contributed by atoms with Gasteiger partial charge in [0, 0.05) is 37.7 Å². The molecule has 1 N–H and O–H groups in total. The molecule has 0 saturated carbocycles. The standard InChI is InChI=1S/C15H24N2O3S2/c1-17(14-8-11-20-12-9-14)22(18,19)16-10-5-13-21-15-6-3-2-4-7-15/h2-4,6-7,14,16H,5,8-13H2,1H3. The van der Waals surface area contributed by atoms with Crippen LogP contribution < -0.4 is 4.72 Å². The summed E-state index contributed by atoms with van der Waals surface area (Å²) < 4.78 is 33.9. The number of nitrogens with one attached hydrogen (secondary N) is 1. The first kappa shape index (κ1) is 17.7. The monoisotopic (exact) mass is 344 g/mol. The number of hydrogen-bond acceptors (Lipinski definition) is 4. The van der Waals surface area contributed by atoms with E-state index in [-0.39, 0.29) is 6.04 Å². The highest BCUT2D eigenvalue weighted by Crippen LogP contribution is 2.18. The highest BCUT2D eigenvalue weighted by Gasteiger charge is 2.27. The van der Waals surface area contributed by atoms with Crippen molar-refractivity contribution < 1.29 is 13.2 Å². The van der Waals surface area contributed by atoms with Crippen molar-refractivity contribution in [1.29, 1.82) is 0 Å². The average molecular weight is 345 g/mol. The number of hydrogen-bond donors (Lipinski definition) is 1. The smallest absolute Gasteiger partial charge is 0.279 e. The van der Waals surface area contributed by atoms with Gasteiger partial charge in [-0.25, -0.2) is 4.72 Å². The summed E-state index contributed by atoms with van der Waals surface area (Å²) in [7, 11) is -1.74. The Labute approximate surface area is 137 Å². The molecular formula is C15H24N2O3S2. The van der Waals surface area contributed by atoms with Gasteiger partial charge in [-0.1, -0.05) is 18.2 Å². The summed E-state index contributed by atoms with van der Waals surface area (Å²) in [6.45, 7) is 1.74. The van der Waals surface area contributed by atoms with E-state index in [4.69, 9.17) is 4.74 Å². The van der Waals surface area contributed by atoms with Gasteiger partial charge in [0.1, 0.15) is 0 Å². The molecule has 0 bridgehead atoms. The van der Waals surface area contributed by atoms with Gasteiger partial charge < -0.3 is 4.74 Å². The molecule has 0 aromatic heterocycles. The van der Waals surface area contributed by atoms with Crippen LogP contribution in [0.4, 0.5) is 0 Å². The van der Waals surface area contributed by atoms with Crippen LogP contribution >= 0.6 is 11.8 Å². The summed E-state index contributed by atoms with van der Waals surface area (Å²) >= 11 is 1.74. The predicted molar refractivity (Wildman–Crippen MR) is 90.3 cm³/mol. The van der Waals surface area contributed by atoms with Crippen LogP contribution in [0.15, 0.2) is 35.2 Å². The summed E-state index contributed by atoms with van der Waals surface area (Å²) in [5.41, 5.74) is 0. The maximum absolute atomic E-state index is 12.2. The second-order valence-corrected chi connectivity index (χ2v) is 8.26. The summed E-state index contributed by atoms with van der Waals surface area (Å²) in [5, 5.41) is 0. The maximum atomic E-state index is 12.2. The average Bonchev–Trinajstić information content (AvgIpc) is 2.55. The zero-order valence-corrected chi connectivity index (χ0v) is 14.5. The molecule has 0 atom stereocenters. The molecule has 7 heteroatoms. The van der Waals surface area contributed by atoms with Crippen LogP contribution in [0.1, 0.15) is 19.3 Å². The lowest BCUT2D eigenvalue weighted by atomic mass is 10.1. The van der Waals surface area contributed by atoms with E-state index in [1.54, 1.807) is 18.8 Å². The minimum Gasteiger partial charge on any atom is -0.381 e. The van der Waals surface area contributed by atoms with E-state index in [2.05, 4.69) is 16.9 Å². The third-order valence-electron chi connectivity index (χ3n) is 3.70. The molecule has 1 saturated heterocycles. The minimum absolute atomic E-state index is 0.0462. The van der Waals surface area contributed by atoms with Gasteiger partial charge in [0.2, 0.25) is 0 Å². The van der Waals surface area contributed by atoms with Crippen LogP contribution in [0.25, 0.3) is 0 Å². The highest BCUT2D eigenvalue weighted by molar-refractivity contribution is 7.99. The van der Waals surface area contributed by atoms with Gasteiger partial charge in [-0.2, -0.15) is 12.7 Å². The van der Waals surface area contributed by atoms with Gasteiger partial charge in [0.15, 0.2) is 0 Å². The van der Waals surface area contributed by atoms with Crippen LogP contribution in [-0.4, -0.2) is 51.3 Å². The summed E-state index contributed by atoms with van der Waals surface area (Å²) in [6, 6.07) is 10.2. The van der Waals surface area contributed by atoms with E-state index in [0.717, 1.165) is 25.0 Å². The van der Waals surface area contributed by atoms with E-state index in [9.17, 15) is 8.42 Å². The molecule has 1 aromatic rings. The molecule has 0 unspecified atom stereocenters. The molecule has 22 heavy (non-hydrogen) atoms. The van der Waals surface area contributed by atoms with Crippen LogP contribution in [0.3, 0.4) is 0 Å². The fraction of sp³-hybridized carbons (Fsp3) is 0.600. The van der Waals surface area contributed by atoms with Crippen molar-refractivity contribution in [2.24, 2.45) is 0 Å². The van der Waals surface area contributed by atoms with Gasteiger partial charge in [-0.05, 0) is 37.1 Å². The molecule has 1 heterocycles. The second-order valence-electron chi connectivity index (χ2n) is 5.27. The first-order valence-electron chi connectivity index (χ1n) is 7.58. The van der Waals surface area contributed by atoms with Gasteiger partial charge in [-0.3, -0.25) is 0 Å². The Kier molecular flexibility index (Phi) is 7.17. The molecule has 0 radical (unpaired) electrons. The summed E-state index contributed by atoms with van der Waals surface area (Å²) in [4.78, 5) is 1.21. The van der Waals surface area contributed by atoms with Crippen molar-refractivity contribution >= 4 is 22.0 Å². The Morgan fingerprint density at radius 2 is 1.95 bits per heavy atom. The Morgan fingerprint density at radius 1 is 1.27 bits per heavy atom. The Bertz CT molecular complexity index is 531. The minimum atomic E-state index is -3.39. The molecule has 1 fully saturated rings. The molecular weight excluding hydrogens is 320 g/mol. The molecule has 124 valence electrons. The zero-order valence-electron chi connectivity index (χ0n) is 12.9. The quantitative estimate of drug-likeness (QED) is 0.580. The second kappa shape index (κ2) is 8.88. The highest BCUT2D eigenvalue weighted by atomic mass is 32.2. The molecule has 1 aliphatic rings. The molecule has 0 spiro atoms. The van der Waals surface area contributed by atoms with E-state index in [1.165, 1.54) is 9.20 Å². The van der Waals surface area contributed by atoms with Crippen LogP contribution in [0.5, 0.6) is 0 Å². The predicted octanol–water partition coefficient (Wildman–Crippen LogP) is 2.11. The van der Waals surface area contributed by atoms with Crippen molar-refractivity contribution in [2.45, 2.75) is 30.2 Å². The lowest BCUT2D eigenvalue weighted by Gasteiger charge is -2.30. The lowest BCUT2D eigenvalue weighted by molar-refractivity contribution is 0.0629. The van der Waals surface area contributed by atoms with Gasteiger partial charge in [-0.15, -0.1) is 11.8 Å². The van der Waals surface area contributed by atoms with Crippen molar-refractivity contribution in [1.82, 2.24) is 9.03 Å². The Morgan fingerprint density at radius 3 is 2.64 bits per heavy atom. The normalized spacial score (nSPS) is 17.0. The fourth-order valence-corrected chi connectivity index (χ4v) is 4.41. The van der Waals surface area contributed by atoms with Crippen LogP contribution in [0, 0.1) is 0 Å². The Hall–Kier alpha value is -0.600. The first-order valence-corrected chi connectivity index (χ1v) is 10.0. The Balaban J connectivity index is 1.68. The van der Waals surface area contributed by atoms with Gasteiger partial charge in [0.05, 0.1) is 0 Å². The van der Waals surface area contributed by atoms with E-state index in [0.29, 0.717) is 19.8 Å². The van der Waals surface area contributed by atoms with E-state index in [1.807, 2.05) is 18.2 Å². The zero-order chi connectivity index (χ0) is 15.8. The lowest BCUT2D eigenvalue weighted by Crippen LogP contribution is -2.46. The number of ether oxygens (including phenoxy) is 1.